The minimum Gasteiger partial charge on any atom is -0.467 e. The zero-order valence-electron chi connectivity index (χ0n) is 17.3. The molecule has 2 aromatic heterocycles. The summed E-state index contributed by atoms with van der Waals surface area (Å²) in [6.07, 6.45) is 3.67. The fraction of sp³-hybridized carbons (Fsp3) is 0.636. The second kappa shape index (κ2) is 7.52. The van der Waals surface area contributed by atoms with Crippen LogP contribution >= 0.6 is 11.3 Å². The van der Waals surface area contributed by atoms with Crippen molar-refractivity contribution in [3.8, 4) is 0 Å². The van der Waals surface area contributed by atoms with Gasteiger partial charge in [0.2, 0.25) is 5.91 Å². The maximum absolute atomic E-state index is 12.9. The van der Waals surface area contributed by atoms with Gasteiger partial charge in [0.15, 0.2) is 0 Å². The Balaban J connectivity index is 1.64. The molecule has 0 spiro atoms. The third-order valence-corrected chi connectivity index (χ3v) is 8.44. The predicted octanol–water partition coefficient (Wildman–Crippen LogP) is 3.17. The lowest BCUT2D eigenvalue weighted by Crippen LogP contribution is -2.57. The monoisotopic (exact) mass is 418 g/mol. The van der Waals surface area contributed by atoms with Crippen molar-refractivity contribution in [2.24, 2.45) is 16.7 Å². The normalized spacial score (nSPS) is 33.8. The van der Waals surface area contributed by atoms with Crippen LogP contribution in [0, 0.1) is 23.7 Å². The van der Waals surface area contributed by atoms with E-state index in [1.807, 2.05) is 26.0 Å². The minimum absolute atomic E-state index is 0.0262. The van der Waals surface area contributed by atoms with Crippen molar-refractivity contribution in [3.05, 3.63) is 39.7 Å². The zero-order chi connectivity index (χ0) is 20.8. The lowest BCUT2D eigenvalue weighted by Gasteiger charge is -2.58. The number of aliphatic hydroxyl groups is 2. The number of nitrogens with zero attached hydrogens (tertiary/aromatic N) is 1. The standard InChI is InChI=1S/C22H30N2O4S/c1-13-24-20-15(9-19(27)23-11-14-5-4-8-28-14)21(2)7-6-18(26)22(3,12-25)17(21)10-16(20)29-13/h4-5,8,15,17-18,25-26H,6-7,9-12H2,1-3H3,(H,23,27)/t15-,17+,18-,21+,22+/m1/s1. The molecule has 2 heterocycles. The number of fused-ring (bicyclic) bond motifs is 2. The molecule has 0 aromatic carbocycles. The number of aryl methyl sites for hydroxylation is 1. The van der Waals surface area contributed by atoms with Crippen molar-refractivity contribution in [1.29, 1.82) is 0 Å². The van der Waals surface area contributed by atoms with E-state index in [4.69, 9.17) is 9.40 Å². The molecule has 3 N–H and O–H groups in total. The maximum atomic E-state index is 12.9. The Bertz CT molecular complexity index is 880. The highest BCUT2D eigenvalue weighted by molar-refractivity contribution is 7.11. The highest BCUT2D eigenvalue weighted by Crippen LogP contribution is 2.62. The molecule has 0 bridgehead atoms. The molecular weight excluding hydrogens is 388 g/mol. The van der Waals surface area contributed by atoms with Gasteiger partial charge < -0.3 is 19.9 Å². The SMILES string of the molecule is Cc1nc2c(s1)C[C@@H]1[C@](C)(CO)[C@H](O)CC[C@@]1(C)[C@@H]2CC(=O)NCc1ccco1. The molecule has 1 amide bonds. The number of furan rings is 1. The van der Waals surface area contributed by atoms with Crippen LogP contribution in [0.25, 0.3) is 0 Å². The van der Waals surface area contributed by atoms with Crippen LogP contribution in [-0.2, 0) is 17.8 Å². The molecule has 1 saturated carbocycles. The highest BCUT2D eigenvalue weighted by Gasteiger charge is 2.59. The average molecular weight is 419 g/mol. The van der Waals surface area contributed by atoms with Crippen LogP contribution in [0.3, 0.4) is 0 Å². The van der Waals surface area contributed by atoms with Gasteiger partial charge in [-0.1, -0.05) is 13.8 Å². The first-order valence-electron chi connectivity index (χ1n) is 10.3. The highest BCUT2D eigenvalue weighted by atomic mass is 32.1. The summed E-state index contributed by atoms with van der Waals surface area (Å²) in [6, 6.07) is 3.65. The Kier molecular flexibility index (Phi) is 5.34. The van der Waals surface area contributed by atoms with E-state index in [1.54, 1.807) is 17.6 Å². The lowest BCUT2D eigenvalue weighted by molar-refractivity contribution is -0.144. The minimum atomic E-state index is -0.578. The van der Waals surface area contributed by atoms with Gasteiger partial charge in [-0.15, -0.1) is 11.3 Å². The number of thiazole rings is 1. The number of carbonyl (C=O) groups excluding carboxylic acids is 1. The number of rotatable bonds is 5. The van der Waals surface area contributed by atoms with Crippen LogP contribution in [0.15, 0.2) is 22.8 Å². The number of amides is 1. The Labute approximate surface area is 175 Å². The number of hydrogen-bond donors (Lipinski definition) is 3. The van der Waals surface area contributed by atoms with Gasteiger partial charge in [0.05, 0.1) is 36.2 Å². The Hall–Kier alpha value is -1.70. The number of aromatic nitrogens is 1. The van der Waals surface area contributed by atoms with Gasteiger partial charge in [-0.3, -0.25) is 4.79 Å². The molecule has 5 atom stereocenters. The van der Waals surface area contributed by atoms with E-state index in [2.05, 4.69) is 12.2 Å². The molecular formula is C22H30N2O4S. The third-order valence-electron chi connectivity index (χ3n) is 7.43. The molecule has 0 saturated heterocycles. The van der Waals surface area contributed by atoms with Gasteiger partial charge in [-0.2, -0.15) is 0 Å². The summed E-state index contributed by atoms with van der Waals surface area (Å²) in [6.45, 7) is 6.53. The number of aliphatic hydroxyl groups excluding tert-OH is 2. The fourth-order valence-electron chi connectivity index (χ4n) is 5.62. The van der Waals surface area contributed by atoms with E-state index in [1.165, 1.54) is 4.88 Å². The Morgan fingerprint density at radius 2 is 2.24 bits per heavy atom. The summed E-state index contributed by atoms with van der Waals surface area (Å²) in [5, 5.41) is 24.9. The first kappa shape index (κ1) is 20.6. The summed E-state index contributed by atoms with van der Waals surface area (Å²) < 4.78 is 5.31. The van der Waals surface area contributed by atoms with Crippen LogP contribution in [0.5, 0.6) is 0 Å². The summed E-state index contributed by atoms with van der Waals surface area (Å²) in [4.78, 5) is 18.9. The quantitative estimate of drug-likeness (QED) is 0.693. The molecule has 158 valence electrons. The van der Waals surface area contributed by atoms with E-state index < -0.39 is 11.5 Å². The van der Waals surface area contributed by atoms with E-state index in [0.717, 1.165) is 29.3 Å². The molecule has 2 aliphatic rings. The number of carbonyl (C=O) groups is 1. The van der Waals surface area contributed by atoms with Gasteiger partial charge in [-0.25, -0.2) is 4.98 Å². The van der Waals surface area contributed by atoms with Gasteiger partial charge >= 0.3 is 0 Å². The van der Waals surface area contributed by atoms with Crippen molar-refractivity contribution in [1.82, 2.24) is 10.3 Å². The first-order chi connectivity index (χ1) is 13.8. The fourth-order valence-corrected chi connectivity index (χ4v) is 6.67. The van der Waals surface area contributed by atoms with E-state index in [9.17, 15) is 15.0 Å². The van der Waals surface area contributed by atoms with E-state index in [-0.39, 0.29) is 29.8 Å². The van der Waals surface area contributed by atoms with E-state index >= 15 is 0 Å². The number of hydrogen-bond acceptors (Lipinski definition) is 6. The van der Waals surface area contributed by atoms with Crippen LogP contribution in [0.2, 0.25) is 0 Å². The van der Waals surface area contributed by atoms with Crippen LogP contribution in [-0.4, -0.2) is 33.8 Å². The summed E-state index contributed by atoms with van der Waals surface area (Å²) in [5.74, 6) is 0.766. The molecule has 2 aromatic rings. The largest absolute Gasteiger partial charge is 0.467 e. The first-order valence-corrected chi connectivity index (χ1v) is 11.1. The molecule has 29 heavy (non-hydrogen) atoms. The Morgan fingerprint density at radius 1 is 1.45 bits per heavy atom. The zero-order valence-corrected chi connectivity index (χ0v) is 18.1. The van der Waals surface area contributed by atoms with Crippen molar-refractivity contribution < 1.29 is 19.4 Å². The van der Waals surface area contributed by atoms with Crippen molar-refractivity contribution in [2.75, 3.05) is 6.61 Å². The molecule has 7 heteroatoms. The maximum Gasteiger partial charge on any atom is 0.221 e. The molecule has 2 aliphatic carbocycles. The molecule has 0 aliphatic heterocycles. The molecule has 4 rings (SSSR count). The predicted molar refractivity (Wildman–Crippen MR) is 110 cm³/mol. The lowest BCUT2D eigenvalue weighted by atomic mass is 9.47. The second-order valence-corrected chi connectivity index (χ2v) is 10.4. The number of nitrogens with one attached hydrogen (secondary N) is 1. The smallest absolute Gasteiger partial charge is 0.221 e. The molecule has 1 fully saturated rings. The summed E-state index contributed by atoms with van der Waals surface area (Å²) in [5.41, 5.74) is 0.258. The van der Waals surface area contributed by atoms with Crippen LogP contribution in [0.4, 0.5) is 0 Å². The van der Waals surface area contributed by atoms with Crippen LogP contribution < -0.4 is 5.32 Å². The van der Waals surface area contributed by atoms with Crippen LogP contribution in [0.1, 0.15) is 60.4 Å². The Morgan fingerprint density at radius 3 is 2.93 bits per heavy atom. The summed E-state index contributed by atoms with van der Waals surface area (Å²) >= 11 is 1.68. The second-order valence-electron chi connectivity index (χ2n) is 9.14. The topological polar surface area (TPSA) is 95.6 Å². The summed E-state index contributed by atoms with van der Waals surface area (Å²) in [7, 11) is 0. The molecule has 0 unspecified atom stereocenters. The molecule has 6 nitrogen and oxygen atoms in total. The van der Waals surface area contributed by atoms with Crippen molar-refractivity contribution in [3.63, 3.8) is 0 Å². The van der Waals surface area contributed by atoms with E-state index in [0.29, 0.717) is 19.4 Å². The van der Waals surface area contributed by atoms with Gasteiger partial charge in [-0.05, 0) is 49.7 Å². The van der Waals surface area contributed by atoms with Crippen molar-refractivity contribution >= 4 is 17.2 Å². The average Bonchev–Trinajstić information content (AvgIpc) is 3.34. The van der Waals surface area contributed by atoms with Gasteiger partial charge in [0.25, 0.3) is 0 Å². The van der Waals surface area contributed by atoms with Gasteiger partial charge in [0, 0.05) is 22.6 Å². The van der Waals surface area contributed by atoms with Crippen molar-refractivity contribution in [2.45, 2.75) is 65.0 Å². The third kappa shape index (κ3) is 3.43. The molecule has 0 radical (unpaired) electrons. The van der Waals surface area contributed by atoms with Gasteiger partial charge in [0.1, 0.15) is 5.76 Å².